The number of halogens is 2. The SMILES string of the molecule is CC(=O)c1c(-c2ccc(Cl)cc2)c(-c2ccc(Cl)cc2)nn(CCN2CCOCC2)c1=O. The van der Waals surface area contributed by atoms with Gasteiger partial charge < -0.3 is 4.74 Å². The monoisotopic (exact) mass is 471 g/mol. The molecular weight excluding hydrogens is 449 g/mol. The average molecular weight is 472 g/mol. The molecule has 166 valence electrons. The van der Waals surface area contributed by atoms with Gasteiger partial charge >= 0.3 is 0 Å². The summed E-state index contributed by atoms with van der Waals surface area (Å²) in [5.41, 5.74) is 2.25. The number of nitrogens with zero attached hydrogens (tertiary/aromatic N) is 3. The van der Waals surface area contributed by atoms with E-state index in [0.29, 0.717) is 53.2 Å². The van der Waals surface area contributed by atoms with Crippen molar-refractivity contribution in [2.24, 2.45) is 0 Å². The molecular formula is C24H23Cl2N3O3. The molecule has 0 aliphatic carbocycles. The fourth-order valence-corrected chi connectivity index (χ4v) is 4.07. The number of hydrogen-bond donors (Lipinski definition) is 0. The van der Waals surface area contributed by atoms with Gasteiger partial charge in [0.25, 0.3) is 5.56 Å². The van der Waals surface area contributed by atoms with Crippen molar-refractivity contribution in [3.63, 3.8) is 0 Å². The summed E-state index contributed by atoms with van der Waals surface area (Å²) >= 11 is 12.2. The molecule has 2 heterocycles. The maximum Gasteiger partial charge on any atom is 0.278 e. The van der Waals surface area contributed by atoms with E-state index in [2.05, 4.69) is 4.90 Å². The molecule has 1 saturated heterocycles. The first-order valence-corrected chi connectivity index (χ1v) is 11.2. The Morgan fingerprint density at radius 3 is 2.06 bits per heavy atom. The summed E-state index contributed by atoms with van der Waals surface area (Å²) in [6.45, 7) is 5.39. The molecule has 4 rings (SSSR count). The maximum atomic E-state index is 13.4. The van der Waals surface area contributed by atoms with Crippen LogP contribution >= 0.6 is 23.2 Å². The number of morpholine rings is 1. The number of carbonyl (C=O) groups excluding carboxylic acids is 1. The van der Waals surface area contributed by atoms with Crippen LogP contribution in [0.2, 0.25) is 10.0 Å². The predicted molar refractivity (Wildman–Crippen MR) is 127 cm³/mol. The molecule has 0 atom stereocenters. The lowest BCUT2D eigenvalue weighted by molar-refractivity contribution is 0.0358. The molecule has 0 N–H and O–H groups in total. The van der Waals surface area contributed by atoms with Gasteiger partial charge in [0.15, 0.2) is 5.78 Å². The minimum Gasteiger partial charge on any atom is -0.379 e. The summed E-state index contributed by atoms with van der Waals surface area (Å²) in [6.07, 6.45) is 0. The smallest absolute Gasteiger partial charge is 0.278 e. The average Bonchev–Trinajstić information content (AvgIpc) is 2.79. The highest BCUT2D eigenvalue weighted by Gasteiger charge is 2.23. The molecule has 0 amide bonds. The Balaban J connectivity index is 1.87. The quantitative estimate of drug-likeness (QED) is 0.497. The van der Waals surface area contributed by atoms with Crippen molar-refractivity contribution in [2.75, 3.05) is 32.8 Å². The fourth-order valence-electron chi connectivity index (χ4n) is 3.82. The van der Waals surface area contributed by atoms with E-state index in [4.69, 9.17) is 33.0 Å². The van der Waals surface area contributed by atoms with Gasteiger partial charge in [0, 0.05) is 40.8 Å². The Bertz CT molecular complexity index is 1170. The third-order valence-corrected chi connectivity index (χ3v) is 5.99. The van der Waals surface area contributed by atoms with Crippen LogP contribution in [-0.2, 0) is 11.3 Å². The second-order valence-corrected chi connectivity index (χ2v) is 8.52. The molecule has 1 fully saturated rings. The number of aromatic nitrogens is 2. The highest BCUT2D eigenvalue weighted by Crippen LogP contribution is 2.33. The first-order valence-electron chi connectivity index (χ1n) is 10.4. The molecule has 0 radical (unpaired) electrons. The molecule has 6 nitrogen and oxygen atoms in total. The van der Waals surface area contributed by atoms with Gasteiger partial charge in [-0.05, 0) is 36.8 Å². The van der Waals surface area contributed by atoms with Gasteiger partial charge in [-0.2, -0.15) is 5.10 Å². The molecule has 0 spiro atoms. The lowest BCUT2D eigenvalue weighted by Gasteiger charge is -2.26. The van der Waals surface area contributed by atoms with E-state index < -0.39 is 5.56 Å². The molecule has 8 heteroatoms. The van der Waals surface area contributed by atoms with E-state index in [1.807, 2.05) is 12.1 Å². The van der Waals surface area contributed by atoms with Crippen LogP contribution in [0, 0.1) is 0 Å². The number of ether oxygens (including phenoxy) is 1. The van der Waals surface area contributed by atoms with E-state index in [1.54, 1.807) is 36.4 Å². The van der Waals surface area contributed by atoms with Crippen molar-refractivity contribution in [3.8, 4) is 22.4 Å². The van der Waals surface area contributed by atoms with E-state index >= 15 is 0 Å². The van der Waals surface area contributed by atoms with Crippen molar-refractivity contribution in [3.05, 3.63) is 74.5 Å². The van der Waals surface area contributed by atoms with Crippen LogP contribution in [-0.4, -0.2) is 53.3 Å². The lowest BCUT2D eigenvalue weighted by Crippen LogP contribution is -2.40. The zero-order valence-electron chi connectivity index (χ0n) is 17.7. The summed E-state index contributed by atoms with van der Waals surface area (Å²) in [6, 6.07) is 14.3. The minimum atomic E-state index is -0.395. The first kappa shape index (κ1) is 22.7. The molecule has 32 heavy (non-hydrogen) atoms. The van der Waals surface area contributed by atoms with Gasteiger partial charge in [-0.25, -0.2) is 4.68 Å². The van der Waals surface area contributed by atoms with Gasteiger partial charge in [0.2, 0.25) is 0 Å². The third-order valence-electron chi connectivity index (χ3n) is 5.49. The van der Waals surface area contributed by atoms with Crippen LogP contribution in [0.15, 0.2) is 53.3 Å². The van der Waals surface area contributed by atoms with Gasteiger partial charge in [-0.15, -0.1) is 0 Å². The van der Waals surface area contributed by atoms with E-state index in [0.717, 1.165) is 18.7 Å². The van der Waals surface area contributed by atoms with Crippen LogP contribution in [0.4, 0.5) is 0 Å². The summed E-state index contributed by atoms with van der Waals surface area (Å²) in [4.78, 5) is 28.3. The molecule has 0 saturated carbocycles. The summed E-state index contributed by atoms with van der Waals surface area (Å²) in [7, 11) is 0. The highest BCUT2D eigenvalue weighted by atomic mass is 35.5. The first-order chi connectivity index (χ1) is 15.4. The minimum absolute atomic E-state index is 0.120. The lowest BCUT2D eigenvalue weighted by atomic mass is 9.94. The number of hydrogen-bond acceptors (Lipinski definition) is 5. The maximum absolute atomic E-state index is 13.4. The number of ketones is 1. The van der Waals surface area contributed by atoms with Crippen molar-refractivity contribution in [1.29, 1.82) is 0 Å². The Morgan fingerprint density at radius 2 is 1.50 bits per heavy atom. The molecule has 0 bridgehead atoms. The number of carbonyl (C=O) groups is 1. The molecule has 1 aliphatic rings. The zero-order valence-corrected chi connectivity index (χ0v) is 19.2. The Kier molecular flexibility index (Phi) is 7.06. The standard InChI is InChI=1S/C24H23Cl2N3O3/c1-16(30)21-22(17-2-6-19(25)7-3-17)23(18-4-8-20(26)9-5-18)27-29(24(21)31)11-10-28-12-14-32-15-13-28/h2-9H,10-15H2,1H3. The topological polar surface area (TPSA) is 64.4 Å². The summed E-state index contributed by atoms with van der Waals surface area (Å²) in [5, 5.41) is 5.88. The van der Waals surface area contributed by atoms with Gasteiger partial charge in [0.05, 0.1) is 31.0 Å². The second-order valence-electron chi connectivity index (χ2n) is 7.65. The third kappa shape index (κ3) is 4.94. The molecule has 2 aromatic carbocycles. The van der Waals surface area contributed by atoms with Crippen LogP contribution in [0.3, 0.4) is 0 Å². The van der Waals surface area contributed by atoms with E-state index in [1.165, 1.54) is 11.6 Å². The zero-order chi connectivity index (χ0) is 22.7. The Hall–Kier alpha value is -2.51. The van der Waals surface area contributed by atoms with Crippen molar-refractivity contribution < 1.29 is 9.53 Å². The molecule has 0 unspecified atom stereocenters. The van der Waals surface area contributed by atoms with Crippen molar-refractivity contribution in [1.82, 2.24) is 14.7 Å². The highest BCUT2D eigenvalue weighted by molar-refractivity contribution is 6.31. The van der Waals surface area contributed by atoms with Crippen molar-refractivity contribution in [2.45, 2.75) is 13.5 Å². The van der Waals surface area contributed by atoms with Crippen LogP contribution < -0.4 is 5.56 Å². The number of rotatable bonds is 6. The van der Waals surface area contributed by atoms with Crippen LogP contribution in [0.25, 0.3) is 22.4 Å². The van der Waals surface area contributed by atoms with Crippen LogP contribution in [0.5, 0.6) is 0 Å². The van der Waals surface area contributed by atoms with E-state index in [-0.39, 0.29) is 11.3 Å². The summed E-state index contributed by atoms with van der Waals surface area (Å²) in [5.74, 6) is -0.308. The van der Waals surface area contributed by atoms with Crippen molar-refractivity contribution >= 4 is 29.0 Å². The molecule has 3 aromatic rings. The van der Waals surface area contributed by atoms with E-state index in [9.17, 15) is 9.59 Å². The van der Waals surface area contributed by atoms with Gasteiger partial charge in [0.1, 0.15) is 0 Å². The van der Waals surface area contributed by atoms with Gasteiger partial charge in [-0.3, -0.25) is 14.5 Å². The molecule has 1 aliphatic heterocycles. The fraction of sp³-hybridized carbons (Fsp3) is 0.292. The van der Waals surface area contributed by atoms with Crippen LogP contribution in [0.1, 0.15) is 17.3 Å². The predicted octanol–water partition coefficient (Wildman–Crippen LogP) is 4.42. The second kappa shape index (κ2) is 9.96. The number of benzene rings is 2. The Labute approximate surface area is 196 Å². The largest absolute Gasteiger partial charge is 0.379 e. The normalized spacial score (nSPS) is 14.5. The number of Topliss-reactive ketones (excluding diaryl/α,β-unsaturated/α-hetero) is 1. The Morgan fingerprint density at radius 1 is 0.938 bits per heavy atom. The van der Waals surface area contributed by atoms with Gasteiger partial charge in [-0.1, -0.05) is 47.5 Å². The molecule has 1 aromatic heterocycles. The summed E-state index contributed by atoms with van der Waals surface area (Å²) < 4.78 is 6.79.